The van der Waals surface area contributed by atoms with Crippen LogP contribution < -0.4 is 0 Å². The predicted octanol–water partition coefficient (Wildman–Crippen LogP) is 1.21. The number of nitro benzene ring substituents is 1. The van der Waals surface area contributed by atoms with Crippen LogP contribution in [0.3, 0.4) is 0 Å². The number of piperidine rings is 1. The molecule has 1 N–H and O–H groups in total. The molecule has 1 aliphatic heterocycles. The number of rotatable bonds is 5. The van der Waals surface area contributed by atoms with Gasteiger partial charge in [-0.2, -0.15) is 0 Å². The van der Waals surface area contributed by atoms with Gasteiger partial charge in [0.15, 0.2) is 0 Å². The van der Waals surface area contributed by atoms with Crippen LogP contribution in [0.2, 0.25) is 0 Å². The second-order valence-corrected chi connectivity index (χ2v) is 4.89. The zero-order valence-corrected chi connectivity index (χ0v) is 11.6. The standard InChI is InChI=1S/C14H18N2O5/c17-8-9-21-13-4-6-15(7-5-13)14(18)11-2-1-3-12(10-11)16(19)20/h1-3,10,13,17H,4-9H2. The lowest BCUT2D eigenvalue weighted by Gasteiger charge is -2.31. The van der Waals surface area contributed by atoms with Gasteiger partial charge in [-0.05, 0) is 18.9 Å². The van der Waals surface area contributed by atoms with E-state index in [9.17, 15) is 14.9 Å². The maximum Gasteiger partial charge on any atom is 0.270 e. The third-order valence-corrected chi connectivity index (χ3v) is 3.48. The Morgan fingerprint density at radius 1 is 1.43 bits per heavy atom. The van der Waals surface area contributed by atoms with E-state index in [1.54, 1.807) is 11.0 Å². The number of ether oxygens (including phenoxy) is 1. The van der Waals surface area contributed by atoms with Crippen molar-refractivity contribution in [3.63, 3.8) is 0 Å². The molecule has 114 valence electrons. The van der Waals surface area contributed by atoms with Crippen molar-refractivity contribution in [2.75, 3.05) is 26.3 Å². The molecule has 0 aliphatic carbocycles. The molecule has 7 heteroatoms. The Morgan fingerprint density at radius 3 is 2.76 bits per heavy atom. The largest absolute Gasteiger partial charge is 0.394 e. The summed E-state index contributed by atoms with van der Waals surface area (Å²) in [4.78, 5) is 24.2. The summed E-state index contributed by atoms with van der Waals surface area (Å²) in [5, 5.41) is 19.5. The minimum Gasteiger partial charge on any atom is -0.394 e. The zero-order chi connectivity index (χ0) is 15.2. The monoisotopic (exact) mass is 294 g/mol. The molecule has 1 amide bonds. The number of carbonyl (C=O) groups excluding carboxylic acids is 1. The van der Waals surface area contributed by atoms with Crippen LogP contribution in [-0.2, 0) is 4.74 Å². The molecule has 0 unspecified atom stereocenters. The van der Waals surface area contributed by atoms with Gasteiger partial charge in [0.2, 0.25) is 0 Å². The average Bonchev–Trinajstić information content (AvgIpc) is 2.53. The first-order valence-electron chi connectivity index (χ1n) is 6.88. The Bertz CT molecular complexity index is 512. The van der Waals surface area contributed by atoms with Crippen molar-refractivity contribution < 1.29 is 19.6 Å². The molecule has 1 fully saturated rings. The average molecular weight is 294 g/mol. The van der Waals surface area contributed by atoms with Gasteiger partial charge < -0.3 is 14.7 Å². The number of amides is 1. The summed E-state index contributed by atoms with van der Waals surface area (Å²) < 4.78 is 5.44. The number of aliphatic hydroxyl groups excluding tert-OH is 1. The second kappa shape index (κ2) is 7.14. The Morgan fingerprint density at radius 2 is 2.14 bits per heavy atom. The molecule has 0 atom stereocenters. The molecule has 1 aromatic carbocycles. The highest BCUT2D eigenvalue weighted by atomic mass is 16.6. The van der Waals surface area contributed by atoms with E-state index in [0.29, 0.717) is 38.1 Å². The van der Waals surface area contributed by atoms with Gasteiger partial charge in [0, 0.05) is 30.8 Å². The number of hydrogen-bond donors (Lipinski definition) is 1. The fourth-order valence-corrected chi connectivity index (χ4v) is 2.38. The number of benzene rings is 1. The Hall–Kier alpha value is -1.99. The van der Waals surface area contributed by atoms with Crippen molar-refractivity contribution in [3.05, 3.63) is 39.9 Å². The number of hydrogen-bond acceptors (Lipinski definition) is 5. The number of aliphatic hydroxyl groups is 1. The van der Waals surface area contributed by atoms with Crippen molar-refractivity contribution >= 4 is 11.6 Å². The molecule has 1 heterocycles. The lowest BCUT2D eigenvalue weighted by molar-refractivity contribution is -0.384. The summed E-state index contributed by atoms with van der Waals surface area (Å²) in [5.74, 6) is -0.195. The number of non-ortho nitro benzene ring substituents is 1. The quantitative estimate of drug-likeness (QED) is 0.651. The molecule has 0 spiro atoms. The van der Waals surface area contributed by atoms with Gasteiger partial charge in [0.1, 0.15) is 0 Å². The molecule has 7 nitrogen and oxygen atoms in total. The Balaban J connectivity index is 1.95. The van der Waals surface area contributed by atoms with Gasteiger partial charge in [-0.25, -0.2) is 0 Å². The number of nitro groups is 1. The summed E-state index contributed by atoms with van der Waals surface area (Å²) in [6.45, 7) is 1.41. The zero-order valence-electron chi connectivity index (χ0n) is 11.6. The fraction of sp³-hybridized carbons (Fsp3) is 0.500. The predicted molar refractivity (Wildman–Crippen MR) is 75.1 cm³/mol. The number of likely N-dealkylation sites (tertiary alicyclic amines) is 1. The fourth-order valence-electron chi connectivity index (χ4n) is 2.38. The van der Waals surface area contributed by atoms with Crippen LogP contribution in [0.1, 0.15) is 23.2 Å². The normalized spacial score (nSPS) is 16.0. The van der Waals surface area contributed by atoms with E-state index in [0.717, 1.165) is 0 Å². The molecular weight excluding hydrogens is 276 g/mol. The molecule has 0 bridgehead atoms. The van der Waals surface area contributed by atoms with Crippen LogP contribution in [0.5, 0.6) is 0 Å². The highest BCUT2D eigenvalue weighted by Crippen LogP contribution is 2.19. The third kappa shape index (κ3) is 3.99. The first-order chi connectivity index (χ1) is 10.1. The maximum atomic E-state index is 12.3. The van der Waals surface area contributed by atoms with E-state index in [1.807, 2.05) is 0 Å². The lowest BCUT2D eigenvalue weighted by atomic mass is 10.1. The van der Waals surface area contributed by atoms with Gasteiger partial charge in [-0.15, -0.1) is 0 Å². The number of carbonyl (C=O) groups is 1. The molecule has 2 rings (SSSR count). The maximum absolute atomic E-state index is 12.3. The van der Waals surface area contributed by atoms with Crippen LogP contribution >= 0.6 is 0 Å². The minimum atomic E-state index is -0.508. The van der Waals surface area contributed by atoms with E-state index in [2.05, 4.69) is 0 Å². The van der Waals surface area contributed by atoms with Gasteiger partial charge in [-0.3, -0.25) is 14.9 Å². The molecule has 1 saturated heterocycles. The lowest BCUT2D eigenvalue weighted by Crippen LogP contribution is -2.41. The van der Waals surface area contributed by atoms with E-state index < -0.39 is 4.92 Å². The first kappa shape index (κ1) is 15.4. The van der Waals surface area contributed by atoms with Crippen molar-refractivity contribution in [3.8, 4) is 0 Å². The summed E-state index contributed by atoms with van der Waals surface area (Å²) >= 11 is 0. The topological polar surface area (TPSA) is 92.9 Å². The van der Waals surface area contributed by atoms with Crippen LogP contribution in [0.25, 0.3) is 0 Å². The minimum absolute atomic E-state index is 0.00712. The molecule has 1 aliphatic rings. The molecule has 0 aromatic heterocycles. The van der Waals surface area contributed by atoms with Gasteiger partial charge in [-0.1, -0.05) is 6.07 Å². The molecule has 1 aromatic rings. The van der Waals surface area contributed by atoms with Gasteiger partial charge in [0.25, 0.3) is 11.6 Å². The first-order valence-corrected chi connectivity index (χ1v) is 6.88. The summed E-state index contributed by atoms with van der Waals surface area (Å²) in [6.07, 6.45) is 1.48. The van der Waals surface area contributed by atoms with E-state index in [-0.39, 0.29) is 24.3 Å². The van der Waals surface area contributed by atoms with Gasteiger partial charge in [0.05, 0.1) is 24.2 Å². The molecule has 0 radical (unpaired) electrons. The summed E-state index contributed by atoms with van der Waals surface area (Å²) in [6, 6.07) is 5.77. The smallest absolute Gasteiger partial charge is 0.270 e. The molecule has 0 saturated carbocycles. The van der Waals surface area contributed by atoms with Crippen molar-refractivity contribution in [2.45, 2.75) is 18.9 Å². The number of nitrogens with zero attached hydrogens (tertiary/aromatic N) is 2. The third-order valence-electron chi connectivity index (χ3n) is 3.48. The Labute approximate surface area is 122 Å². The highest BCUT2D eigenvalue weighted by molar-refractivity contribution is 5.94. The van der Waals surface area contributed by atoms with Crippen LogP contribution in [0.4, 0.5) is 5.69 Å². The molecular formula is C14H18N2O5. The highest BCUT2D eigenvalue weighted by Gasteiger charge is 2.24. The van der Waals surface area contributed by atoms with Gasteiger partial charge >= 0.3 is 0 Å². The van der Waals surface area contributed by atoms with E-state index >= 15 is 0 Å². The summed E-state index contributed by atoms with van der Waals surface area (Å²) in [5.41, 5.74) is 0.251. The van der Waals surface area contributed by atoms with Crippen LogP contribution in [0, 0.1) is 10.1 Å². The van der Waals surface area contributed by atoms with E-state index in [4.69, 9.17) is 9.84 Å². The second-order valence-electron chi connectivity index (χ2n) is 4.89. The van der Waals surface area contributed by atoms with Crippen molar-refractivity contribution in [1.29, 1.82) is 0 Å². The Kier molecular flexibility index (Phi) is 5.24. The molecule has 21 heavy (non-hydrogen) atoms. The van der Waals surface area contributed by atoms with Crippen molar-refractivity contribution in [1.82, 2.24) is 4.90 Å². The van der Waals surface area contributed by atoms with Crippen molar-refractivity contribution in [2.24, 2.45) is 0 Å². The van der Waals surface area contributed by atoms with Crippen LogP contribution in [0.15, 0.2) is 24.3 Å². The SMILES string of the molecule is O=C(c1cccc([N+](=O)[O-])c1)N1CCC(OCCO)CC1. The van der Waals surface area contributed by atoms with Crippen LogP contribution in [-0.4, -0.2) is 53.2 Å². The summed E-state index contributed by atoms with van der Waals surface area (Å²) in [7, 11) is 0. The van der Waals surface area contributed by atoms with E-state index in [1.165, 1.54) is 18.2 Å².